The van der Waals surface area contributed by atoms with Crippen LogP contribution in [0.4, 0.5) is 9.18 Å². The summed E-state index contributed by atoms with van der Waals surface area (Å²) < 4.78 is 48.8. The van der Waals surface area contributed by atoms with Crippen LogP contribution in [-0.4, -0.2) is 81.7 Å². The number of carbonyl (C=O) groups excluding carboxylic acids is 3. The van der Waals surface area contributed by atoms with Gasteiger partial charge in [0.1, 0.15) is 34.8 Å². The Morgan fingerprint density at radius 2 is 1.88 bits per heavy atom. The number of aryl methyl sites for hydroxylation is 1. The second-order valence-electron chi connectivity index (χ2n) is 15.9. The second-order valence-corrected chi connectivity index (χ2v) is 18.1. The van der Waals surface area contributed by atoms with Gasteiger partial charge in [0.15, 0.2) is 0 Å². The van der Waals surface area contributed by atoms with E-state index in [-0.39, 0.29) is 31.7 Å². The number of ether oxygens (including phenoxy) is 1. The topological polar surface area (TPSA) is 184 Å². The van der Waals surface area contributed by atoms with Gasteiger partial charge in [-0.2, -0.15) is 0 Å². The van der Waals surface area contributed by atoms with Gasteiger partial charge in [0.25, 0.3) is 5.91 Å². The normalized spacial score (nSPS) is 31.3. The molecule has 1 spiro atoms. The van der Waals surface area contributed by atoms with Gasteiger partial charge >= 0.3 is 6.09 Å². The quantitative estimate of drug-likeness (QED) is 0.330. The summed E-state index contributed by atoms with van der Waals surface area (Å²) in [6.07, 6.45) is 9.15. The van der Waals surface area contributed by atoms with Gasteiger partial charge in [-0.15, -0.1) is 0 Å². The molecule has 4 fully saturated rings. The first-order valence-electron chi connectivity index (χ1n) is 18.4. The second kappa shape index (κ2) is 12.4. The highest BCUT2D eigenvalue weighted by molar-refractivity contribution is 7.91. The van der Waals surface area contributed by atoms with Crippen LogP contribution in [0.5, 0.6) is 5.75 Å². The van der Waals surface area contributed by atoms with Crippen molar-refractivity contribution >= 4 is 44.7 Å². The summed E-state index contributed by atoms with van der Waals surface area (Å²) in [5, 5.41) is 15.6. The first-order valence-corrected chi connectivity index (χ1v) is 19.9. The minimum Gasteiger partial charge on any atom is -0.483 e. The van der Waals surface area contributed by atoms with E-state index >= 15 is 0 Å². The fourth-order valence-corrected chi connectivity index (χ4v) is 9.62. The summed E-state index contributed by atoms with van der Waals surface area (Å²) in [4.78, 5) is 60.8. The van der Waals surface area contributed by atoms with Crippen LogP contribution in [0.3, 0.4) is 0 Å². The van der Waals surface area contributed by atoms with E-state index in [0.29, 0.717) is 55.2 Å². The molecule has 4 N–H and O–H groups in total. The number of carbonyl (C=O) groups is 4. The molecule has 8 rings (SSSR count). The Morgan fingerprint density at radius 3 is 2.62 bits per heavy atom. The van der Waals surface area contributed by atoms with Gasteiger partial charge in [0.05, 0.1) is 22.5 Å². The van der Waals surface area contributed by atoms with Crippen LogP contribution in [0, 0.1) is 11.7 Å². The zero-order chi connectivity index (χ0) is 36.6. The van der Waals surface area contributed by atoms with E-state index in [0.717, 1.165) is 36.9 Å². The largest absolute Gasteiger partial charge is 0.483 e. The van der Waals surface area contributed by atoms with Crippen LogP contribution >= 0.6 is 0 Å². The van der Waals surface area contributed by atoms with Gasteiger partial charge in [0, 0.05) is 29.2 Å². The molecule has 0 bridgehead atoms. The molecule has 2 aromatic rings. The molecule has 1 aromatic heterocycles. The number of pyridine rings is 1. The van der Waals surface area contributed by atoms with Crippen LogP contribution in [-0.2, 0) is 30.8 Å². The summed E-state index contributed by atoms with van der Waals surface area (Å²) >= 11 is 0. The first-order chi connectivity index (χ1) is 24.7. The van der Waals surface area contributed by atoms with Crippen LogP contribution < -0.4 is 20.1 Å². The van der Waals surface area contributed by atoms with Gasteiger partial charge in [-0.05, 0) is 89.3 Å². The molecular weight excluding hydrogens is 693 g/mol. The van der Waals surface area contributed by atoms with Crippen molar-refractivity contribution in [2.45, 2.75) is 124 Å². The lowest BCUT2D eigenvalue weighted by atomic mass is 9.86. The molecule has 4 amide bonds. The number of nitrogens with zero attached hydrogens (tertiary/aromatic N) is 2. The molecule has 3 aliphatic carbocycles. The molecule has 3 unspecified atom stereocenters. The Labute approximate surface area is 301 Å². The van der Waals surface area contributed by atoms with Gasteiger partial charge < -0.3 is 25.4 Å². The predicted molar refractivity (Wildman–Crippen MR) is 186 cm³/mol. The van der Waals surface area contributed by atoms with Crippen molar-refractivity contribution in [1.82, 2.24) is 25.2 Å². The van der Waals surface area contributed by atoms with E-state index in [1.54, 1.807) is 13.0 Å². The van der Waals surface area contributed by atoms with Crippen molar-refractivity contribution in [3.05, 3.63) is 47.4 Å². The average Bonchev–Trinajstić information content (AvgIpc) is 4.02. The number of allylic oxidation sites excluding steroid dienone is 1. The maximum Gasteiger partial charge on any atom is 0.405 e. The zero-order valence-electron chi connectivity index (χ0n) is 29.1. The number of amides is 4. The van der Waals surface area contributed by atoms with Crippen molar-refractivity contribution in [2.75, 3.05) is 6.54 Å². The van der Waals surface area contributed by atoms with Crippen molar-refractivity contribution in [3.8, 4) is 5.75 Å². The highest BCUT2D eigenvalue weighted by atomic mass is 32.2. The van der Waals surface area contributed by atoms with Gasteiger partial charge in [-0.25, -0.2) is 22.6 Å². The Bertz CT molecular complexity index is 2020. The third-order valence-corrected chi connectivity index (χ3v) is 14.2. The van der Waals surface area contributed by atoms with Crippen LogP contribution in [0.15, 0.2) is 30.4 Å². The third-order valence-electron chi connectivity index (χ3n) is 12.1. The molecule has 3 aliphatic heterocycles. The van der Waals surface area contributed by atoms with E-state index < -0.39 is 73.5 Å². The fourth-order valence-electron chi connectivity index (χ4n) is 8.31. The first kappa shape index (κ1) is 34.8. The number of halogens is 1. The van der Waals surface area contributed by atoms with Crippen molar-refractivity contribution < 1.29 is 41.8 Å². The number of rotatable bonds is 5. The summed E-state index contributed by atoms with van der Waals surface area (Å²) in [6, 6.07) is 2.22. The number of carboxylic acid groups (broad SMARTS) is 1. The third kappa shape index (κ3) is 6.17. The van der Waals surface area contributed by atoms with Crippen molar-refractivity contribution in [3.63, 3.8) is 0 Å². The van der Waals surface area contributed by atoms with Crippen molar-refractivity contribution in [2.24, 2.45) is 5.92 Å². The van der Waals surface area contributed by atoms with Crippen molar-refractivity contribution in [1.29, 1.82) is 0 Å². The SMILES string of the molecule is CC1(S(=O)(=O)NC(=O)C23CC2C=CCCCCC[C@H](NC(=O)O)C(=O)N2C[C@@]4(CCc5c(c(C6CC6)nc6ccc(F)cc56)O4)CC2C(=O)N3)CC1. The monoisotopic (exact) mass is 737 g/mol. The fraction of sp³-hybridized carbons (Fsp3) is 0.595. The Balaban J connectivity index is 1.15. The smallest absolute Gasteiger partial charge is 0.405 e. The van der Waals surface area contributed by atoms with E-state index in [9.17, 15) is 37.1 Å². The van der Waals surface area contributed by atoms with Gasteiger partial charge in [-0.3, -0.25) is 19.1 Å². The number of hydrogen-bond acceptors (Lipinski definition) is 8. The molecular formula is C37H44FN5O8S. The summed E-state index contributed by atoms with van der Waals surface area (Å²) in [5.74, 6) is -2.16. The summed E-state index contributed by atoms with van der Waals surface area (Å²) in [7, 11) is -4.00. The standard InChI is InChI=1S/C37H44FN5O8S/c1-35(15-16-35)52(49,50)42-33(46)37-18-22(37)7-5-3-2-4-6-8-27(40-34(47)48)32(45)43-20-36(19-28(43)31(44)41-37)14-13-24-25-17-23(38)11-12-26(25)39-29(21-9-10-21)30(24)51-36/h5,7,11-12,17,21-22,27-28,40H,2-4,6,8-10,13-16,18-20H2,1H3,(H,41,44)(H,42,46)(H,47,48)/t22?,27-,28?,36+,37?/m0/s1. The minimum atomic E-state index is -4.00. The molecule has 13 nitrogen and oxygen atoms in total. The molecule has 278 valence electrons. The number of nitrogens with one attached hydrogen (secondary N) is 3. The lowest BCUT2D eigenvalue weighted by molar-refractivity contribution is -0.141. The maximum atomic E-state index is 14.5. The number of hydrogen-bond donors (Lipinski definition) is 4. The lowest BCUT2D eigenvalue weighted by Crippen LogP contribution is -2.58. The van der Waals surface area contributed by atoms with E-state index in [1.165, 1.54) is 17.0 Å². The number of sulfonamides is 1. The number of aromatic nitrogens is 1. The minimum absolute atomic E-state index is 0.0261. The van der Waals surface area contributed by atoms with E-state index in [1.807, 2.05) is 12.2 Å². The van der Waals surface area contributed by atoms with E-state index in [2.05, 4.69) is 15.4 Å². The van der Waals surface area contributed by atoms with E-state index in [4.69, 9.17) is 9.72 Å². The summed E-state index contributed by atoms with van der Waals surface area (Å²) in [5.41, 5.74) is -0.323. The predicted octanol–water partition coefficient (Wildman–Crippen LogP) is 3.95. The Hall–Kier alpha value is -4.27. The zero-order valence-corrected chi connectivity index (χ0v) is 29.9. The Kier molecular flexibility index (Phi) is 8.31. The molecule has 1 saturated heterocycles. The molecule has 0 radical (unpaired) electrons. The molecule has 3 saturated carbocycles. The summed E-state index contributed by atoms with van der Waals surface area (Å²) in [6.45, 7) is 1.55. The molecule has 52 heavy (non-hydrogen) atoms. The molecule has 4 heterocycles. The molecule has 1 aromatic carbocycles. The molecule has 15 heteroatoms. The lowest BCUT2D eigenvalue weighted by Gasteiger charge is -2.37. The van der Waals surface area contributed by atoms with Gasteiger partial charge in [0.2, 0.25) is 21.8 Å². The van der Waals surface area contributed by atoms with Crippen LogP contribution in [0.1, 0.15) is 101 Å². The Morgan fingerprint density at radius 1 is 1.10 bits per heavy atom. The molecule has 5 atom stereocenters. The van der Waals surface area contributed by atoms with Crippen LogP contribution in [0.2, 0.25) is 0 Å². The van der Waals surface area contributed by atoms with Gasteiger partial charge in [-0.1, -0.05) is 25.0 Å². The molecule has 6 aliphatic rings. The van der Waals surface area contributed by atoms with Crippen LogP contribution in [0.25, 0.3) is 10.9 Å². The highest BCUT2D eigenvalue weighted by Gasteiger charge is 2.64. The average molecular weight is 738 g/mol. The highest BCUT2D eigenvalue weighted by Crippen LogP contribution is 2.52. The number of benzene rings is 1. The maximum absolute atomic E-state index is 14.5. The number of fused-ring (bicyclic) bond motifs is 5.